The van der Waals surface area contributed by atoms with Crippen molar-refractivity contribution in [2.45, 2.75) is 99.3 Å². The molecule has 49 heavy (non-hydrogen) atoms. The fourth-order valence-electron chi connectivity index (χ4n) is 4.75. The highest BCUT2D eigenvalue weighted by atomic mass is 16.6. The molecule has 2 aromatic carbocycles. The van der Waals surface area contributed by atoms with Crippen LogP contribution in [0.25, 0.3) is 0 Å². The van der Waals surface area contributed by atoms with E-state index in [0.717, 1.165) is 12.2 Å². The number of ether oxygens (including phenoxy) is 8. The highest BCUT2D eigenvalue weighted by Crippen LogP contribution is 2.56. The van der Waals surface area contributed by atoms with E-state index in [2.05, 4.69) is 13.2 Å². The summed E-state index contributed by atoms with van der Waals surface area (Å²) in [6, 6.07) is 3.64. The lowest BCUT2D eigenvalue weighted by atomic mass is 9.76. The lowest BCUT2D eigenvalue weighted by Gasteiger charge is -2.33. The van der Waals surface area contributed by atoms with Crippen LogP contribution in [0.2, 0.25) is 0 Å². The molecule has 0 amide bonds. The molecule has 0 aliphatic rings. The highest BCUT2D eigenvalue weighted by molar-refractivity contribution is 5.86. The Hall–Kier alpha value is -4.34. The Morgan fingerprint density at radius 3 is 1.08 bits per heavy atom. The second kappa shape index (κ2) is 20.9. The van der Waals surface area contributed by atoms with Crippen molar-refractivity contribution in [2.24, 2.45) is 0 Å². The summed E-state index contributed by atoms with van der Waals surface area (Å²) in [7, 11) is 0. The van der Waals surface area contributed by atoms with Crippen molar-refractivity contribution in [3.8, 4) is 46.0 Å². The Kier molecular flexibility index (Phi) is 17.4. The minimum atomic E-state index is -0.919. The van der Waals surface area contributed by atoms with Gasteiger partial charge in [0.2, 0.25) is 23.0 Å². The summed E-state index contributed by atoms with van der Waals surface area (Å²) in [5, 5.41) is 0. The minimum Gasteiger partial charge on any atom is -0.490 e. The molecular weight excluding hydrogens is 628 g/mol. The van der Waals surface area contributed by atoms with Gasteiger partial charge >= 0.3 is 11.9 Å². The van der Waals surface area contributed by atoms with E-state index in [1.807, 2.05) is 67.5 Å². The molecule has 0 saturated heterocycles. The Bertz CT molecular complexity index is 1290. The molecule has 0 aromatic heterocycles. The smallest absolute Gasteiger partial charge is 0.335 e. The molecule has 272 valence electrons. The first-order valence-corrected chi connectivity index (χ1v) is 17.5. The van der Waals surface area contributed by atoms with E-state index in [1.165, 1.54) is 0 Å². The van der Waals surface area contributed by atoms with E-state index in [4.69, 9.17) is 37.9 Å². The van der Waals surface area contributed by atoms with Crippen LogP contribution in [0.5, 0.6) is 46.0 Å². The maximum Gasteiger partial charge on any atom is 0.335 e. The first kappa shape index (κ1) is 40.8. The van der Waals surface area contributed by atoms with E-state index in [-0.39, 0.29) is 23.0 Å². The van der Waals surface area contributed by atoms with Crippen molar-refractivity contribution in [3.05, 3.63) is 48.6 Å². The summed E-state index contributed by atoms with van der Waals surface area (Å²) in [5.41, 5.74) is 0.436. The second-order valence-corrected chi connectivity index (χ2v) is 11.8. The van der Waals surface area contributed by atoms with Crippen LogP contribution in [0.3, 0.4) is 0 Å². The molecule has 0 bridgehead atoms. The Balaban J connectivity index is 3.19. The summed E-state index contributed by atoms with van der Waals surface area (Å²) in [6.07, 6.45) is 6.40. The van der Waals surface area contributed by atoms with Gasteiger partial charge in [0.25, 0.3) is 0 Å². The highest BCUT2D eigenvalue weighted by Gasteiger charge is 2.39. The van der Waals surface area contributed by atoms with Crippen molar-refractivity contribution in [1.29, 1.82) is 0 Å². The Morgan fingerprint density at radius 1 is 0.510 bits per heavy atom. The molecule has 2 aromatic rings. The molecule has 0 radical (unpaired) electrons. The zero-order valence-electron chi connectivity index (χ0n) is 30.8. The van der Waals surface area contributed by atoms with Crippen molar-refractivity contribution in [1.82, 2.24) is 0 Å². The third-order valence-electron chi connectivity index (χ3n) is 7.12. The predicted octanol–water partition coefficient (Wildman–Crippen LogP) is 8.93. The van der Waals surface area contributed by atoms with E-state index in [1.54, 1.807) is 0 Å². The molecule has 10 nitrogen and oxygen atoms in total. The summed E-state index contributed by atoms with van der Waals surface area (Å²) in [6.45, 7) is 25.2. The molecule has 0 aliphatic heterocycles. The molecule has 0 unspecified atom stereocenters. The molecule has 2 rings (SSSR count). The van der Waals surface area contributed by atoms with Gasteiger partial charge in [-0.25, -0.2) is 9.59 Å². The Labute approximate surface area is 292 Å². The van der Waals surface area contributed by atoms with Gasteiger partial charge in [-0.05, 0) is 50.7 Å². The summed E-state index contributed by atoms with van der Waals surface area (Å²) in [5.74, 6) is 0.826. The molecule has 0 heterocycles. The number of esters is 2. The van der Waals surface area contributed by atoms with Gasteiger partial charge in [-0.15, -0.1) is 0 Å². The lowest BCUT2D eigenvalue weighted by Crippen LogP contribution is -2.24. The summed E-state index contributed by atoms with van der Waals surface area (Å²) >= 11 is 0. The molecular formula is C39H56O10. The molecule has 0 N–H and O–H groups in total. The molecule has 0 aliphatic carbocycles. The lowest BCUT2D eigenvalue weighted by molar-refractivity contribution is -0.130. The van der Waals surface area contributed by atoms with Gasteiger partial charge in [-0.1, -0.05) is 68.5 Å². The first-order valence-electron chi connectivity index (χ1n) is 17.5. The maximum absolute atomic E-state index is 12.6. The number of hydrogen-bond acceptors (Lipinski definition) is 10. The molecule has 0 fully saturated rings. The van der Waals surface area contributed by atoms with Gasteiger partial charge in [0.05, 0.1) is 39.6 Å². The number of hydrogen-bond donors (Lipinski definition) is 0. The standard InChI is InChI=1S/C39H56O10/c1-11-19-42-29-25-27(33(44-21-13-3)37(46-23-15-5)35(29)48-31(40)17-7)39(9,10)28-26-30(43-20-12-2)36(49-32(41)18-8)38(47-24-16-6)34(28)45-22-14-4/h17-18,25-26H,7-8,11-16,19-24H2,1-6,9-10H3. The van der Waals surface area contributed by atoms with Gasteiger partial charge in [0, 0.05) is 28.7 Å². The van der Waals surface area contributed by atoms with Crippen LogP contribution in [-0.2, 0) is 15.0 Å². The largest absolute Gasteiger partial charge is 0.490 e. The van der Waals surface area contributed by atoms with Crippen molar-refractivity contribution in [2.75, 3.05) is 39.6 Å². The van der Waals surface area contributed by atoms with Crippen LogP contribution in [0, 0.1) is 0 Å². The van der Waals surface area contributed by atoms with Crippen molar-refractivity contribution in [3.63, 3.8) is 0 Å². The topological polar surface area (TPSA) is 108 Å². The zero-order chi connectivity index (χ0) is 36.4. The predicted molar refractivity (Wildman–Crippen MR) is 191 cm³/mol. The maximum atomic E-state index is 12.6. The third-order valence-corrected chi connectivity index (χ3v) is 7.12. The average molecular weight is 685 g/mol. The second-order valence-electron chi connectivity index (χ2n) is 11.8. The van der Waals surface area contributed by atoms with Crippen LogP contribution in [-0.4, -0.2) is 51.6 Å². The average Bonchev–Trinajstić information content (AvgIpc) is 3.10. The van der Waals surface area contributed by atoms with Crippen LogP contribution in [0.15, 0.2) is 37.4 Å². The summed E-state index contributed by atoms with van der Waals surface area (Å²) in [4.78, 5) is 25.2. The molecule has 10 heteroatoms. The molecule has 0 saturated carbocycles. The van der Waals surface area contributed by atoms with E-state index in [0.29, 0.717) is 112 Å². The van der Waals surface area contributed by atoms with Gasteiger partial charge in [0.15, 0.2) is 23.0 Å². The van der Waals surface area contributed by atoms with Crippen molar-refractivity contribution < 1.29 is 47.5 Å². The zero-order valence-corrected chi connectivity index (χ0v) is 30.8. The number of rotatable bonds is 24. The third kappa shape index (κ3) is 10.8. The van der Waals surface area contributed by atoms with Gasteiger partial charge in [0.1, 0.15) is 0 Å². The monoisotopic (exact) mass is 684 g/mol. The van der Waals surface area contributed by atoms with Crippen LogP contribution < -0.4 is 37.9 Å². The van der Waals surface area contributed by atoms with Gasteiger partial charge in [-0.3, -0.25) is 0 Å². The van der Waals surface area contributed by atoms with Crippen LogP contribution >= 0.6 is 0 Å². The van der Waals surface area contributed by atoms with E-state index >= 15 is 0 Å². The van der Waals surface area contributed by atoms with Gasteiger partial charge in [-0.2, -0.15) is 0 Å². The molecule has 0 spiro atoms. The quantitative estimate of drug-likeness (QED) is 0.0604. The number of carbonyl (C=O) groups is 2. The SMILES string of the molecule is C=CC(=O)Oc1c(OCCC)cc(C(C)(C)c2cc(OCCC)c(OC(=O)C=C)c(OCCC)c2OCCC)c(OCCC)c1OCCC. The normalized spacial score (nSPS) is 10.9. The number of carbonyl (C=O) groups excluding carboxylic acids is 2. The Morgan fingerprint density at radius 2 is 0.796 bits per heavy atom. The van der Waals surface area contributed by atoms with E-state index in [9.17, 15) is 9.59 Å². The van der Waals surface area contributed by atoms with Gasteiger partial charge < -0.3 is 37.9 Å². The van der Waals surface area contributed by atoms with E-state index < -0.39 is 17.4 Å². The van der Waals surface area contributed by atoms with Crippen LogP contribution in [0.1, 0.15) is 105 Å². The molecule has 0 atom stereocenters. The minimum absolute atomic E-state index is 0.116. The first-order chi connectivity index (χ1) is 23.6. The fraction of sp³-hybridized carbons (Fsp3) is 0.538. The van der Waals surface area contributed by atoms with Crippen molar-refractivity contribution >= 4 is 11.9 Å². The van der Waals surface area contributed by atoms with Crippen LogP contribution in [0.4, 0.5) is 0 Å². The number of benzene rings is 2. The fourth-order valence-corrected chi connectivity index (χ4v) is 4.75. The summed E-state index contributed by atoms with van der Waals surface area (Å²) < 4.78 is 49.5.